The molecule has 10 heteroatoms. The first-order valence-corrected chi connectivity index (χ1v) is 8.11. The van der Waals surface area contributed by atoms with Crippen molar-refractivity contribution >= 4 is 22.1 Å². The van der Waals surface area contributed by atoms with Gasteiger partial charge in [-0.15, -0.1) is 0 Å². The predicted molar refractivity (Wildman–Crippen MR) is 96.0 cm³/mol. The molecule has 0 spiro atoms. The molecule has 154 valence electrons. The first kappa shape index (κ1) is 25.8. The van der Waals surface area contributed by atoms with Gasteiger partial charge < -0.3 is 45.6 Å². The predicted octanol–water partition coefficient (Wildman–Crippen LogP) is -5.77. The lowest BCUT2D eigenvalue weighted by atomic mass is 10.2. The topological polar surface area (TPSA) is 152 Å². The fourth-order valence-electron chi connectivity index (χ4n) is 2.66. The fourth-order valence-corrected chi connectivity index (χ4v) is 2.66. The standard InChI is InChI=1S/C16H14N4O2.C2H6O.2ClH.H2O/c21-13(15-17-9-5-1-2-6-10(9)18-15)14(22)16-19-11-7-3-4-8-12(11)20-16;1-2-3;;;/h1-8,13-14,21-22H,(H,17,18)(H,19,20);3H,2H2,1H3;2*1H;1H2/t13-,14-;;;;/m0..../s1. The van der Waals surface area contributed by atoms with E-state index in [1.54, 1.807) is 6.92 Å². The fraction of sp³-hybridized carbons (Fsp3) is 0.222. The number of H-pyrrole nitrogens is 4. The highest BCUT2D eigenvalue weighted by molar-refractivity contribution is 5.71. The van der Waals surface area contributed by atoms with Gasteiger partial charge in [-0.25, -0.2) is 19.9 Å². The Hall–Kier alpha value is -2.20. The minimum absolute atomic E-state index is 0. The van der Waals surface area contributed by atoms with Crippen molar-refractivity contribution in [1.29, 1.82) is 0 Å². The van der Waals surface area contributed by atoms with Crippen LogP contribution in [0.25, 0.3) is 22.1 Å². The van der Waals surface area contributed by atoms with Gasteiger partial charge in [0.15, 0.2) is 34.3 Å². The number of aliphatic hydroxyl groups excluding tert-OH is 3. The molecular formula is C18H24Cl2N4O4. The van der Waals surface area contributed by atoms with E-state index in [1.165, 1.54) is 0 Å². The molecule has 2 atom stereocenters. The molecule has 0 aliphatic carbocycles. The quantitative estimate of drug-likeness (QED) is 0.220. The number of rotatable bonds is 3. The Bertz CT molecular complexity index is 832. The first-order valence-electron chi connectivity index (χ1n) is 8.11. The molecule has 0 radical (unpaired) electrons. The number of fused-ring (bicyclic) bond motifs is 2. The van der Waals surface area contributed by atoms with Crippen molar-refractivity contribution in [3.63, 3.8) is 0 Å². The van der Waals surface area contributed by atoms with Gasteiger partial charge in [0.25, 0.3) is 11.6 Å². The van der Waals surface area contributed by atoms with Gasteiger partial charge in [0, 0.05) is 6.61 Å². The summed E-state index contributed by atoms with van der Waals surface area (Å²) in [6, 6.07) is 15.3. The zero-order valence-electron chi connectivity index (χ0n) is 15.1. The normalized spacial score (nSPS) is 12.0. The molecule has 0 aliphatic heterocycles. The van der Waals surface area contributed by atoms with Crippen LogP contribution in [-0.2, 0) is 0 Å². The Labute approximate surface area is 173 Å². The maximum Gasteiger partial charge on any atom is 0.285 e. The summed E-state index contributed by atoms with van der Waals surface area (Å²) >= 11 is 0. The molecule has 2 aromatic heterocycles. The first-order chi connectivity index (χ1) is 12.1. The largest absolute Gasteiger partial charge is 1.00 e. The number of halogens is 2. The van der Waals surface area contributed by atoms with Crippen molar-refractivity contribution in [2.75, 3.05) is 6.61 Å². The lowest BCUT2D eigenvalue weighted by Crippen LogP contribution is -3.00. The number of hydrogen-bond donors (Lipinski definition) is 5. The molecule has 0 fully saturated rings. The third kappa shape index (κ3) is 5.41. The van der Waals surface area contributed by atoms with Gasteiger partial charge in [-0.2, -0.15) is 0 Å². The van der Waals surface area contributed by atoms with Gasteiger partial charge in [-0.1, -0.05) is 24.3 Å². The second-order valence-corrected chi connectivity index (χ2v) is 5.62. The van der Waals surface area contributed by atoms with Crippen LogP contribution in [0.15, 0.2) is 48.5 Å². The zero-order valence-corrected chi connectivity index (χ0v) is 16.6. The number of hydrogen-bond acceptors (Lipinski definition) is 3. The lowest BCUT2D eigenvalue weighted by molar-refractivity contribution is -0.389. The number of para-hydroxylation sites is 4. The second-order valence-electron chi connectivity index (χ2n) is 5.62. The van der Waals surface area contributed by atoms with Crippen molar-refractivity contribution in [2.45, 2.75) is 19.1 Å². The molecule has 4 aromatic rings. The molecule has 28 heavy (non-hydrogen) atoms. The average Bonchev–Trinajstić information content (AvgIpc) is 3.24. The highest BCUT2D eigenvalue weighted by Gasteiger charge is 2.33. The highest BCUT2D eigenvalue weighted by atomic mass is 35.5. The van der Waals surface area contributed by atoms with Gasteiger partial charge in [0.2, 0.25) is 0 Å². The van der Waals surface area contributed by atoms with Crippen LogP contribution in [0.5, 0.6) is 0 Å². The Morgan fingerprint density at radius 2 is 1.11 bits per heavy atom. The summed E-state index contributed by atoms with van der Waals surface area (Å²) < 4.78 is 0. The van der Waals surface area contributed by atoms with Gasteiger partial charge >= 0.3 is 0 Å². The van der Waals surface area contributed by atoms with E-state index in [0.717, 1.165) is 22.1 Å². The maximum absolute atomic E-state index is 10.4. The zero-order chi connectivity index (χ0) is 17.8. The van der Waals surface area contributed by atoms with E-state index >= 15 is 0 Å². The van der Waals surface area contributed by atoms with Gasteiger partial charge in [0.05, 0.1) is 0 Å². The molecule has 0 bridgehead atoms. The molecule has 2 heterocycles. The van der Waals surface area contributed by atoms with Crippen LogP contribution in [0.3, 0.4) is 0 Å². The second kappa shape index (κ2) is 11.6. The van der Waals surface area contributed by atoms with Crippen molar-refractivity contribution in [3.8, 4) is 0 Å². The van der Waals surface area contributed by atoms with E-state index in [4.69, 9.17) is 5.11 Å². The number of nitrogens with one attached hydrogen (secondary N) is 4. The Morgan fingerprint density at radius 3 is 1.43 bits per heavy atom. The molecule has 0 amide bonds. The molecule has 0 saturated carbocycles. The minimum Gasteiger partial charge on any atom is -1.00 e. The van der Waals surface area contributed by atoms with E-state index in [2.05, 4.69) is 19.9 Å². The molecule has 0 unspecified atom stereocenters. The minimum atomic E-state index is -1.10. The van der Waals surface area contributed by atoms with Crippen LogP contribution >= 0.6 is 0 Å². The molecule has 0 aliphatic rings. The maximum atomic E-state index is 10.4. The van der Waals surface area contributed by atoms with Crippen LogP contribution < -0.4 is 34.8 Å². The van der Waals surface area contributed by atoms with Crippen LogP contribution in [0.2, 0.25) is 0 Å². The molecule has 2 aromatic carbocycles. The number of aromatic amines is 4. The number of aromatic nitrogens is 4. The Kier molecular flexibility index (Phi) is 10.7. The highest BCUT2D eigenvalue weighted by Crippen LogP contribution is 2.24. The van der Waals surface area contributed by atoms with Gasteiger partial charge in [-0.05, 0) is 31.2 Å². The summed E-state index contributed by atoms with van der Waals surface area (Å²) in [4.78, 5) is 12.3. The van der Waals surface area contributed by atoms with Crippen LogP contribution in [0, 0.1) is 0 Å². The number of benzene rings is 2. The molecule has 0 saturated heterocycles. The Balaban J connectivity index is 0.00000115. The van der Waals surface area contributed by atoms with Crippen molar-refractivity contribution in [2.24, 2.45) is 0 Å². The molecule has 4 rings (SSSR count). The van der Waals surface area contributed by atoms with E-state index in [0.29, 0.717) is 11.6 Å². The number of imidazole rings is 2. The van der Waals surface area contributed by atoms with Gasteiger partial charge in [-0.3, -0.25) is 0 Å². The molecule has 9 N–H and O–H groups in total. The summed E-state index contributed by atoms with van der Waals surface area (Å²) in [6.45, 7) is 1.93. The average molecular weight is 431 g/mol. The van der Waals surface area contributed by atoms with E-state index in [1.807, 2.05) is 48.5 Å². The Morgan fingerprint density at radius 1 is 0.786 bits per heavy atom. The third-order valence-electron chi connectivity index (χ3n) is 3.82. The molecule has 8 nitrogen and oxygen atoms in total. The van der Waals surface area contributed by atoms with Crippen molar-refractivity contribution in [3.05, 3.63) is 60.2 Å². The summed E-state index contributed by atoms with van der Waals surface area (Å²) in [5, 5.41) is 28.4. The summed E-state index contributed by atoms with van der Waals surface area (Å²) in [6.07, 6.45) is -2.20. The summed E-state index contributed by atoms with van der Waals surface area (Å²) in [5.74, 6) is 0.918. The van der Waals surface area contributed by atoms with Crippen LogP contribution in [-0.4, -0.2) is 37.4 Å². The van der Waals surface area contributed by atoms with E-state index in [-0.39, 0.29) is 36.9 Å². The van der Waals surface area contributed by atoms with Crippen molar-refractivity contribution < 1.29 is 55.6 Å². The summed E-state index contributed by atoms with van der Waals surface area (Å²) in [7, 11) is 0. The third-order valence-corrected chi connectivity index (χ3v) is 3.82. The van der Waals surface area contributed by atoms with Crippen LogP contribution in [0.1, 0.15) is 30.8 Å². The number of aliphatic hydroxyl groups is 3. The monoisotopic (exact) mass is 430 g/mol. The molecular weight excluding hydrogens is 407 g/mol. The van der Waals surface area contributed by atoms with E-state index in [9.17, 15) is 10.2 Å². The van der Waals surface area contributed by atoms with Gasteiger partial charge in [0.1, 0.15) is 0 Å². The summed E-state index contributed by atoms with van der Waals surface area (Å²) in [5.41, 5.74) is 3.52. The lowest BCUT2D eigenvalue weighted by Gasteiger charge is -2.06. The smallest absolute Gasteiger partial charge is 0.285 e. The van der Waals surface area contributed by atoms with Crippen LogP contribution in [0.4, 0.5) is 0 Å². The SMILES string of the molecule is CCO.O.O[C@H](c1[nH]c2ccccc2[nH+]1)[C@H](O)c1[nH]c2ccccc2[nH+]1.[Cl-].[Cl-]. The van der Waals surface area contributed by atoms with E-state index < -0.39 is 12.2 Å². The van der Waals surface area contributed by atoms with Crippen molar-refractivity contribution in [1.82, 2.24) is 9.97 Å².